The smallest absolute Gasteiger partial charge is 0.336 e. The first kappa shape index (κ1) is 20.9. The zero-order valence-corrected chi connectivity index (χ0v) is 18.3. The van der Waals surface area contributed by atoms with Crippen molar-refractivity contribution in [3.63, 3.8) is 0 Å². The Morgan fingerprint density at radius 2 is 1.64 bits per heavy atom. The van der Waals surface area contributed by atoms with Gasteiger partial charge in [-0.2, -0.15) is 0 Å². The number of benzene rings is 3. The van der Waals surface area contributed by atoms with Gasteiger partial charge in [0.05, 0.1) is 44.0 Å². The second-order valence-corrected chi connectivity index (χ2v) is 9.62. The van der Waals surface area contributed by atoms with E-state index in [2.05, 4.69) is 0 Å². The van der Waals surface area contributed by atoms with E-state index in [0.29, 0.717) is 22.3 Å². The molecule has 0 fully saturated rings. The maximum atomic E-state index is 12.0. The van der Waals surface area contributed by atoms with Crippen LogP contribution in [0, 0.1) is 20.2 Å². The standard InChI is InChI=1S/C23H12N2O6S2/c26-22(27)18-10-14(25(30)31)9-17-20(18)15-7-6-13(24(28)29)8-16(15)21(17)23-32-11-19(33-23)12-4-2-1-3-5-12/h1-11,21H/p+1. The van der Waals surface area contributed by atoms with E-state index in [1.54, 1.807) is 0 Å². The first-order chi connectivity index (χ1) is 15.8. The molecular formula is C23H13N2O6S2+. The molecule has 1 unspecified atom stereocenters. The fourth-order valence-corrected chi connectivity index (χ4v) is 6.66. The number of nitro benzene ring substituents is 2. The number of hydrogen-bond acceptors (Lipinski definition) is 6. The Balaban J connectivity index is 1.78. The normalized spacial score (nSPS) is 13.9. The van der Waals surface area contributed by atoms with Crippen molar-refractivity contribution in [2.75, 3.05) is 0 Å². The highest BCUT2D eigenvalue weighted by molar-refractivity contribution is 7.32. The van der Waals surface area contributed by atoms with Gasteiger partial charge in [-0.05, 0) is 22.8 Å². The molecule has 162 valence electrons. The third-order valence-electron chi connectivity index (χ3n) is 5.52. The summed E-state index contributed by atoms with van der Waals surface area (Å²) >= 11 is 2.93. The molecule has 0 spiro atoms. The van der Waals surface area contributed by atoms with Gasteiger partial charge >= 0.3 is 5.97 Å². The second kappa shape index (κ2) is 7.84. The summed E-state index contributed by atoms with van der Waals surface area (Å²) in [6.45, 7) is 0. The fourth-order valence-electron chi connectivity index (χ4n) is 4.13. The lowest BCUT2D eigenvalue weighted by molar-refractivity contribution is -0.385. The predicted molar refractivity (Wildman–Crippen MR) is 125 cm³/mol. The summed E-state index contributed by atoms with van der Waals surface area (Å²) in [5.41, 5.74) is 2.30. The Bertz CT molecular complexity index is 1470. The van der Waals surface area contributed by atoms with Crippen LogP contribution in [0.5, 0.6) is 0 Å². The number of carbonyl (C=O) groups is 1. The summed E-state index contributed by atoms with van der Waals surface area (Å²) in [4.78, 5) is 34.9. The van der Waals surface area contributed by atoms with Crippen molar-refractivity contribution in [1.29, 1.82) is 0 Å². The summed E-state index contributed by atoms with van der Waals surface area (Å²) in [7, 11) is 0. The zero-order chi connectivity index (χ0) is 23.3. The molecule has 0 saturated carbocycles. The van der Waals surface area contributed by atoms with Gasteiger partial charge in [0, 0.05) is 35.4 Å². The molecule has 0 aliphatic heterocycles. The molecule has 1 aliphatic rings. The predicted octanol–water partition coefficient (Wildman–Crippen LogP) is 6.43. The van der Waals surface area contributed by atoms with Crippen molar-refractivity contribution >= 4 is 40.0 Å². The monoisotopic (exact) mass is 477 g/mol. The number of carboxylic acids is 1. The molecule has 0 bridgehead atoms. The van der Waals surface area contributed by atoms with Gasteiger partial charge in [0.25, 0.3) is 15.6 Å². The maximum absolute atomic E-state index is 12.0. The SMILES string of the molecule is O=C(O)c1cc([N+](=O)[O-])cc2c1-c1ccc([N+](=O)[O-])cc1C2c1sc(-c2ccccc2)c[s+]1. The zero-order valence-electron chi connectivity index (χ0n) is 16.6. The van der Waals surface area contributed by atoms with E-state index in [1.807, 2.05) is 35.7 Å². The maximum Gasteiger partial charge on any atom is 0.336 e. The highest BCUT2D eigenvalue weighted by atomic mass is 32.2. The molecule has 1 N–H and O–H groups in total. The van der Waals surface area contributed by atoms with E-state index >= 15 is 0 Å². The van der Waals surface area contributed by atoms with Crippen LogP contribution < -0.4 is 0 Å². The van der Waals surface area contributed by atoms with Crippen molar-refractivity contribution in [2.45, 2.75) is 5.92 Å². The Labute approximate surface area is 194 Å². The van der Waals surface area contributed by atoms with Gasteiger partial charge in [0.15, 0.2) is 4.88 Å². The minimum absolute atomic E-state index is 0.122. The molecule has 0 saturated heterocycles. The van der Waals surface area contributed by atoms with E-state index in [4.69, 9.17) is 0 Å². The van der Waals surface area contributed by atoms with Crippen LogP contribution in [-0.4, -0.2) is 20.9 Å². The van der Waals surface area contributed by atoms with E-state index in [9.17, 15) is 30.1 Å². The number of fused-ring (bicyclic) bond motifs is 3. The number of rotatable bonds is 5. The van der Waals surface area contributed by atoms with Gasteiger partial charge in [0.2, 0.25) is 0 Å². The van der Waals surface area contributed by atoms with Crippen LogP contribution in [-0.2, 0) is 0 Å². The summed E-state index contributed by atoms with van der Waals surface area (Å²) in [5.74, 6) is -1.83. The lowest BCUT2D eigenvalue weighted by Crippen LogP contribution is -2.03. The van der Waals surface area contributed by atoms with Crippen molar-refractivity contribution in [3.8, 4) is 21.6 Å². The van der Waals surface area contributed by atoms with E-state index in [-0.39, 0.29) is 16.9 Å². The quantitative estimate of drug-likeness (QED) is 0.177. The van der Waals surface area contributed by atoms with Crippen molar-refractivity contribution in [1.82, 2.24) is 0 Å². The lowest BCUT2D eigenvalue weighted by atomic mass is 9.96. The fraction of sp³-hybridized carbons (Fsp3) is 0.0435. The molecule has 3 aromatic carbocycles. The van der Waals surface area contributed by atoms with Gasteiger partial charge in [-0.3, -0.25) is 20.2 Å². The lowest BCUT2D eigenvalue weighted by Gasteiger charge is -2.07. The minimum Gasteiger partial charge on any atom is -0.478 e. The van der Waals surface area contributed by atoms with E-state index in [0.717, 1.165) is 20.7 Å². The third kappa shape index (κ3) is 3.45. The van der Waals surface area contributed by atoms with Crippen molar-refractivity contribution < 1.29 is 19.7 Å². The molecule has 8 nitrogen and oxygen atoms in total. The Hall–Kier alpha value is -4.02. The molecule has 4 aromatic rings. The average Bonchev–Trinajstić information content (AvgIpc) is 3.40. The first-order valence-corrected chi connectivity index (χ1v) is 11.4. The molecule has 0 amide bonds. The average molecular weight is 477 g/mol. The molecule has 10 heteroatoms. The molecule has 0 radical (unpaired) electrons. The molecule has 1 aromatic heterocycles. The number of carboxylic acid groups (broad SMARTS) is 1. The molecule has 1 aliphatic carbocycles. The Kier molecular flexibility index (Phi) is 4.95. The number of non-ortho nitro benzene ring substituents is 2. The van der Waals surface area contributed by atoms with E-state index < -0.39 is 21.7 Å². The highest BCUT2D eigenvalue weighted by Crippen LogP contribution is 2.54. The van der Waals surface area contributed by atoms with Gasteiger partial charge in [-0.1, -0.05) is 30.3 Å². The second-order valence-electron chi connectivity index (χ2n) is 7.37. The number of nitrogens with zero attached hydrogens (tertiary/aromatic N) is 2. The molecule has 1 atom stereocenters. The van der Waals surface area contributed by atoms with Crippen LogP contribution in [0.3, 0.4) is 0 Å². The summed E-state index contributed by atoms with van der Waals surface area (Å²) in [6.07, 6.45) is 0. The Morgan fingerprint density at radius 1 is 0.939 bits per heavy atom. The minimum atomic E-state index is -1.29. The van der Waals surface area contributed by atoms with Crippen LogP contribution >= 0.6 is 22.7 Å². The molecular weight excluding hydrogens is 464 g/mol. The summed E-state index contributed by atoms with van der Waals surface area (Å²) < 4.78 is 0.853. The highest BCUT2D eigenvalue weighted by Gasteiger charge is 2.41. The van der Waals surface area contributed by atoms with Crippen molar-refractivity contribution in [3.05, 3.63) is 107 Å². The summed E-state index contributed by atoms with van der Waals surface area (Å²) in [5, 5.41) is 34.8. The largest absolute Gasteiger partial charge is 0.478 e. The molecule has 33 heavy (non-hydrogen) atoms. The molecule has 1 heterocycles. The number of hydrogen-bond donors (Lipinski definition) is 1. The third-order valence-corrected chi connectivity index (χ3v) is 8.04. The number of aromatic carboxylic acids is 1. The summed E-state index contributed by atoms with van der Waals surface area (Å²) in [6, 6.07) is 16.4. The van der Waals surface area contributed by atoms with Crippen LogP contribution in [0.1, 0.15) is 31.6 Å². The van der Waals surface area contributed by atoms with E-state index in [1.165, 1.54) is 46.9 Å². The van der Waals surface area contributed by atoms with Gasteiger partial charge in [-0.25, -0.2) is 4.79 Å². The van der Waals surface area contributed by atoms with Crippen LogP contribution in [0.2, 0.25) is 0 Å². The Morgan fingerprint density at radius 3 is 2.30 bits per heavy atom. The van der Waals surface area contributed by atoms with Gasteiger partial charge in [-0.15, -0.1) is 0 Å². The van der Waals surface area contributed by atoms with Crippen molar-refractivity contribution in [2.24, 2.45) is 0 Å². The van der Waals surface area contributed by atoms with Crippen LogP contribution in [0.15, 0.2) is 66.0 Å². The molecule has 5 rings (SSSR count). The van der Waals surface area contributed by atoms with Gasteiger partial charge in [0.1, 0.15) is 5.38 Å². The van der Waals surface area contributed by atoms with Crippen LogP contribution in [0.4, 0.5) is 11.4 Å². The van der Waals surface area contributed by atoms with Gasteiger partial charge < -0.3 is 5.11 Å². The topological polar surface area (TPSA) is 124 Å². The number of nitro groups is 2. The van der Waals surface area contributed by atoms with Crippen LogP contribution in [0.25, 0.3) is 21.6 Å². The first-order valence-electron chi connectivity index (χ1n) is 9.66.